The zero-order chi connectivity index (χ0) is 24.9. The highest BCUT2D eigenvalue weighted by atomic mass is 16.2. The van der Waals surface area contributed by atoms with Crippen LogP contribution in [-0.2, 0) is 0 Å². The van der Waals surface area contributed by atoms with Crippen LogP contribution in [0.1, 0.15) is 73.9 Å². The maximum Gasteiger partial charge on any atom is 0.259 e. The molecule has 1 atom stereocenters. The number of nitrogens with one attached hydrogen (secondary N) is 4. The van der Waals surface area contributed by atoms with Crippen LogP contribution in [0, 0.1) is 5.92 Å². The van der Waals surface area contributed by atoms with Crippen LogP contribution in [0.15, 0.2) is 36.4 Å². The topological polar surface area (TPSA) is 155 Å². The average molecular weight is 471 g/mol. The van der Waals surface area contributed by atoms with Gasteiger partial charge in [-0.2, -0.15) is 15.0 Å². The van der Waals surface area contributed by atoms with Crippen molar-refractivity contribution in [2.45, 2.75) is 26.7 Å². The summed E-state index contributed by atoms with van der Waals surface area (Å²) < 4.78 is 0. The van der Waals surface area contributed by atoms with Crippen molar-refractivity contribution in [2.24, 2.45) is 5.92 Å². The molecule has 2 aliphatic rings. The van der Waals surface area contributed by atoms with Crippen molar-refractivity contribution in [3.8, 4) is 0 Å². The first-order valence-corrected chi connectivity index (χ1v) is 11.0. The van der Waals surface area contributed by atoms with E-state index in [1.165, 1.54) is 0 Å². The Balaban J connectivity index is 1.48. The number of aromatic nitrogens is 3. The maximum atomic E-state index is 12.0. The standard InChI is InChI=1S/C24H21N7O4/c1-10(2)11(3)18-27-23(25-12-4-6-14-16(8-12)21(34)29-19(14)32)31-24(28-18)26-13-5-7-15-17(9-13)22(35)30-20(15)33/h4-11H,1-3H3,(H,29,32,34)(H,30,33,35)(H2,25,26,27,28,31). The minimum Gasteiger partial charge on any atom is -0.324 e. The number of benzene rings is 2. The zero-order valence-electron chi connectivity index (χ0n) is 19.1. The third-order valence-corrected chi connectivity index (χ3v) is 6.04. The molecular weight excluding hydrogens is 450 g/mol. The summed E-state index contributed by atoms with van der Waals surface area (Å²) in [6, 6.07) is 9.58. The van der Waals surface area contributed by atoms with Gasteiger partial charge in [0.15, 0.2) is 0 Å². The van der Waals surface area contributed by atoms with Gasteiger partial charge >= 0.3 is 0 Å². The number of rotatable bonds is 6. The van der Waals surface area contributed by atoms with Crippen molar-refractivity contribution in [2.75, 3.05) is 10.6 Å². The average Bonchev–Trinajstić information content (AvgIpc) is 3.26. The molecule has 1 aromatic heterocycles. The number of anilines is 4. The molecule has 5 rings (SSSR count). The Morgan fingerprint density at radius 1 is 0.629 bits per heavy atom. The van der Waals surface area contributed by atoms with Crippen LogP contribution in [0.5, 0.6) is 0 Å². The molecule has 11 nitrogen and oxygen atoms in total. The van der Waals surface area contributed by atoms with Gasteiger partial charge < -0.3 is 10.6 Å². The predicted molar refractivity (Wildman–Crippen MR) is 126 cm³/mol. The summed E-state index contributed by atoms with van der Waals surface area (Å²) in [4.78, 5) is 61.2. The van der Waals surface area contributed by atoms with E-state index in [0.29, 0.717) is 28.3 Å². The second-order valence-electron chi connectivity index (χ2n) is 8.71. The molecule has 3 heterocycles. The monoisotopic (exact) mass is 471 g/mol. The molecule has 0 bridgehead atoms. The Bertz CT molecular complexity index is 1340. The van der Waals surface area contributed by atoms with Crippen LogP contribution in [0.2, 0.25) is 0 Å². The fourth-order valence-electron chi connectivity index (χ4n) is 3.76. The lowest BCUT2D eigenvalue weighted by Crippen LogP contribution is -2.19. The van der Waals surface area contributed by atoms with Gasteiger partial charge in [0.1, 0.15) is 5.82 Å². The SMILES string of the molecule is CC(C)C(C)c1nc(Nc2ccc3c(c2)C(=O)NC3=O)nc(Nc2ccc3c(c2)C(=O)NC3=O)n1. The van der Waals surface area contributed by atoms with Gasteiger partial charge in [-0.05, 0) is 42.3 Å². The number of carbonyl (C=O) groups is 4. The van der Waals surface area contributed by atoms with Gasteiger partial charge in [0, 0.05) is 17.3 Å². The van der Waals surface area contributed by atoms with Crippen molar-refractivity contribution in [1.82, 2.24) is 25.6 Å². The summed E-state index contributed by atoms with van der Waals surface area (Å²) in [5, 5.41) is 10.7. The quantitative estimate of drug-likeness (QED) is 0.397. The van der Waals surface area contributed by atoms with Crippen molar-refractivity contribution >= 4 is 46.9 Å². The van der Waals surface area contributed by atoms with Crippen molar-refractivity contribution in [3.05, 3.63) is 64.5 Å². The fourth-order valence-corrected chi connectivity index (χ4v) is 3.76. The van der Waals surface area contributed by atoms with Gasteiger partial charge in [-0.3, -0.25) is 29.8 Å². The van der Waals surface area contributed by atoms with Crippen LogP contribution >= 0.6 is 0 Å². The highest BCUT2D eigenvalue weighted by Gasteiger charge is 2.28. The Kier molecular flexibility index (Phi) is 5.24. The van der Waals surface area contributed by atoms with Crippen LogP contribution in [0.25, 0.3) is 0 Å². The lowest BCUT2D eigenvalue weighted by Gasteiger charge is -2.17. The molecule has 2 aliphatic heterocycles. The normalized spacial score (nSPS) is 15.0. The smallest absolute Gasteiger partial charge is 0.259 e. The molecule has 35 heavy (non-hydrogen) atoms. The van der Waals surface area contributed by atoms with Gasteiger partial charge in [-0.15, -0.1) is 0 Å². The molecule has 3 aromatic rings. The Hall–Kier alpha value is -4.67. The first-order chi connectivity index (χ1) is 16.7. The molecular formula is C24H21N7O4. The van der Waals surface area contributed by atoms with E-state index in [9.17, 15) is 19.2 Å². The molecule has 0 saturated heterocycles. The van der Waals surface area contributed by atoms with E-state index < -0.39 is 23.6 Å². The van der Waals surface area contributed by atoms with E-state index in [2.05, 4.69) is 50.1 Å². The van der Waals surface area contributed by atoms with Crippen molar-refractivity contribution < 1.29 is 19.2 Å². The molecule has 0 spiro atoms. The van der Waals surface area contributed by atoms with Crippen LogP contribution in [0.3, 0.4) is 0 Å². The van der Waals surface area contributed by atoms with Crippen molar-refractivity contribution in [1.29, 1.82) is 0 Å². The predicted octanol–water partition coefficient (Wildman–Crippen LogP) is 2.89. The van der Waals surface area contributed by atoms with E-state index in [-0.39, 0.29) is 34.9 Å². The fraction of sp³-hybridized carbons (Fsp3) is 0.208. The van der Waals surface area contributed by atoms with Crippen LogP contribution in [0.4, 0.5) is 23.3 Å². The summed E-state index contributed by atoms with van der Waals surface area (Å²) in [5.74, 6) is -0.495. The second kappa shape index (κ2) is 8.28. The number of amides is 4. The second-order valence-corrected chi connectivity index (χ2v) is 8.71. The minimum atomic E-state index is -0.458. The van der Waals surface area contributed by atoms with E-state index in [4.69, 9.17) is 0 Å². The van der Waals surface area contributed by atoms with Gasteiger partial charge in [0.2, 0.25) is 11.9 Å². The zero-order valence-corrected chi connectivity index (χ0v) is 19.1. The lowest BCUT2D eigenvalue weighted by atomic mass is 9.97. The summed E-state index contributed by atoms with van der Waals surface area (Å²) in [6.07, 6.45) is 0. The van der Waals surface area contributed by atoms with Crippen LogP contribution < -0.4 is 21.3 Å². The minimum absolute atomic E-state index is 0.00550. The molecule has 0 fully saturated rings. The Morgan fingerprint density at radius 2 is 1.06 bits per heavy atom. The van der Waals surface area contributed by atoms with E-state index in [1.807, 2.05) is 6.92 Å². The number of hydrogen-bond donors (Lipinski definition) is 4. The molecule has 4 amide bonds. The summed E-state index contributed by atoms with van der Waals surface area (Å²) in [5.41, 5.74) is 2.23. The molecule has 4 N–H and O–H groups in total. The Labute approximate surface area is 199 Å². The number of hydrogen-bond acceptors (Lipinski definition) is 9. The molecule has 176 valence electrons. The van der Waals surface area contributed by atoms with Crippen molar-refractivity contribution in [3.63, 3.8) is 0 Å². The third kappa shape index (κ3) is 4.07. The van der Waals surface area contributed by atoms with E-state index >= 15 is 0 Å². The summed E-state index contributed by atoms with van der Waals surface area (Å²) in [6.45, 7) is 6.12. The molecule has 1 unspecified atom stereocenters. The first kappa shape index (κ1) is 22.1. The number of carbonyl (C=O) groups excluding carboxylic acids is 4. The highest BCUT2D eigenvalue weighted by molar-refractivity contribution is 6.22. The van der Waals surface area contributed by atoms with E-state index in [0.717, 1.165) is 0 Å². The lowest BCUT2D eigenvalue weighted by molar-refractivity contribution is 0.0863. The van der Waals surface area contributed by atoms with Gasteiger partial charge in [-0.1, -0.05) is 20.8 Å². The van der Waals surface area contributed by atoms with Gasteiger partial charge in [0.05, 0.1) is 22.3 Å². The summed E-state index contributed by atoms with van der Waals surface area (Å²) >= 11 is 0. The number of nitrogens with zero attached hydrogens (tertiary/aromatic N) is 3. The molecule has 11 heteroatoms. The highest BCUT2D eigenvalue weighted by Crippen LogP contribution is 2.27. The molecule has 2 aromatic carbocycles. The van der Waals surface area contributed by atoms with E-state index in [1.54, 1.807) is 36.4 Å². The van der Waals surface area contributed by atoms with Gasteiger partial charge in [0.25, 0.3) is 23.6 Å². The molecule has 0 aliphatic carbocycles. The first-order valence-electron chi connectivity index (χ1n) is 11.0. The number of fused-ring (bicyclic) bond motifs is 2. The third-order valence-electron chi connectivity index (χ3n) is 6.04. The molecule has 0 saturated carbocycles. The maximum absolute atomic E-state index is 12.0. The Morgan fingerprint density at radius 3 is 1.49 bits per heavy atom. The molecule has 0 radical (unpaired) electrons. The summed E-state index contributed by atoms with van der Waals surface area (Å²) in [7, 11) is 0. The number of imide groups is 2. The largest absolute Gasteiger partial charge is 0.324 e. The van der Waals surface area contributed by atoms with Gasteiger partial charge in [-0.25, -0.2) is 0 Å². The van der Waals surface area contributed by atoms with Crippen LogP contribution in [-0.4, -0.2) is 38.6 Å².